The molecule has 2 atom stereocenters. The predicted octanol–water partition coefficient (Wildman–Crippen LogP) is 4.04. The fraction of sp³-hybridized carbons (Fsp3) is 0.312. The van der Waals surface area contributed by atoms with E-state index < -0.39 is 12.0 Å². The number of aliphatic carboxylic acids is 1. The fourth-order valence-electron chi connectivity index (χ4n) is 2.28. The van der Waals surface area contributed by atoms with E-state index >= 15 is 0 Å². The van der Waals surface area contributed by atoms with Gasteiger partial charge in [0.2, 0.25) is 0 Å². The van der Waals surface area contributed by atoms with Crippen LogP contribution in [0, 0.1) is 5.92 Å². The zero-order chi connectivity index (χ0) is 17.1. The second kappa shape index (κ2) is 7.47. The van der Waals surface area contributed by atoms with E-state index in [0.29, 0.717) is 21.9 Å². The average Bonchev–Trinajstić information content (AvgIpc) is 2.77. The molecule has 1 amide bonds. The molecule has 1 heterocycles. The summed E-state index contributed by atoms with van der Waals surface area (Å²) in [5.74, 6) is -1.63. The molecule has 4 nitrogen and oxygen atoms in total. The van der Waals surface area contributed by atoms with Gasteiger partial charge in [-0.2, -0.15) is 0 Å². The molecule has 2 rings (SSSR count). The largest absolute Gasteiger partial charge is 0.480 e. The highest BCUT2D eigenvalue weighted by Gasteiger charge is 2.42. The number of hydrogen-bond donors (Lipinski definition) is 1. The third-order valence-electron chi connectivity index (χ3n) is 3.73. The standard InChI is InChI=1S/C16H16ClNO3S2/c1-3-9(2)13(15(20)21)18-14(19)12(23-16(18)22)8-10-6-4-5-7-11(10)17/h4-9,13H,3H2,1-2H3,(H,20,21)/b12-8-/t9-,13-/m1/s1. The summed E-state index contributed by atoms with van der Waals surface area (Å²) in [6.45, 7) is 3.69. The number of amides is 1. The van der Waals surface area contributed by atoms with E-state index in [9.17, 15) is 14.7 Å². The third-order valence-corrected chi connectivity index (χ3v) is 5.40. The molecule has 1 aliphatic heterocycles. The van der Waals surface area contributed by atoms with Crippen LogP contribution >= 0.6 is 35.6 Å². The molecular weight excluding hydrogens is 354 g/mol. The van der Waals surface area contributed by atoms with E-state index in [2.05, 4.69) is 0 Å². The summed E-state index contributed by atoms with van der Waals surface area (Å²) in [6, 6.07) is 6.18. The Hall–Kier alpha value is -1.37. The zero-order valence-electron chi connectivity index (χ0n) is 12.7. The van der Waals surface area contributed by atoms with Crippen LogP contribution in [-0.4, -0.2) is 32.2 Å². The van der Waals surface area contributed by atoms with Crippen molar-refractivity contribution >= 4 is 57.9 Å². The van der Waals surface area contributed by atoms with Crippen LogP contribution in [0.3, 0.4) is 0 Å². The first-order valence-corrected chi connectivity index (χ1v) is 8.71. The lowest BCUT2D eigenvalue weighted by atomic mass is 9.98. The minimum absolute atomic E-state index is 0.199. The van der Waals surface area contributed by atoms with Gasteiger partial charge in [-0.15, -0.1) is 0 Å². The highest BCUT2D eigenvalue weighted by atomic mass is 35.5. The minimum atomic E-state index is -1.05. The Kier molecular flexibility index (Phi) is 5.84. The molecule has 1 aromatic carbocycles. The maximum atomic E-state index is 12.6. The number of hydrogen-bond acceptors (Lipinski definition) is 4. The van der Waals surface area contributed by atoms with Gasteiger partial charge in [-0.3, -0.25) is 9.69 Å². The number of benzene rings is 1. The van der Waals surface area contributed by atoms with Crippen molar-refractivity contribution in [2.75, 3.05) is 0 Å². The van der Waals surface area contributed by atoms with Crippen LogP contribution in [0.4, 0.5) is 0 Å². The molecule has 7 heteroatoms. The SMILES string of the molecule is CC[C@@H](C)[C@H](C(=O)O)N1C(=O)/C(=C/c2ccccc2Cl)SC1=S. The lowest BCUT2D eigenvalue weighted by molar-refractivity contribution is -0.147. The monoisotopic (exact) mass is 369 g/mol. The lowest BCUT2D eigenvalue weighted by Gasteiger charge is -2.27. The van der Waals surface area contributed by atoms with Crippen LogP contribution in [0.1, 0.15) is 25.8 Å². The maximum absolute atomic E-state index is 12.6. The van der Waals surface area contributed by atoms with Gasteiger partial charge in [-0.25, -0.2) is 4.79 Å². The van der Waals surface area contributed by atoms with Gasteiger partial charge in [0.05, 0.1) is 4.91 Å². The fourth-order valence-corrected chi connectivity index (χ4v) is 3.80. The van der Waals surface area contributed by atoms with Gasteiger partial charge in [0.25, 0.3) is 5.91 Å². The molecule has 1 N–H and O–H groups in total. The van der Waals surface area contributed by atoms with Gasteiger partial charge in [-0.1, -0.05) is 74.0 Å². The van der Waals surface area contributed by atoms with Gasteiger partial charge in [0.15, 0.2) is 0 Å². The average molecular weight is 370 g/mol. The van der Waals surface area contributed by atoms with Gasteiger partial charge in [0, 0.05) is 5.02 Å². The molecule has 0 bridgehead atoms. The first kappa shape index (κ1) is 18.0. The molecule has 0 aliphatic carbocycles. The van der Waals surface area contributed by atoms with Crippen LogP contribution in [0.5, 0.6) is 0 Å². The number of thiocarbonyl (C=S) groups is 1. The van der Waals surface area contributed by atoms with Crippen molar-refractivity contribution in [1.29, 1.82) is 0 Å². The number of thioether (sulfide) groups is 1. The molecule has 0 radical (unpaired) electrons. The zero-order valence-corrected chi connectivity index (χ0v) is 15.0. The molecule has 122 valence electrons. The predicted molar refractivity (Wildman–Crippen MR) is 97.3 cm³/mol. The summed E-state index contributed by atoms with van der Waals surface area (Å²) >= 11 is 12.4. The normalized spacial score (nSPS) is 19.3. The lowest BCUT2D eigenvalue weighted by Crippen LogP contribution is -2.47. The second-order valence-corrected chi connectivity index (χ2v) is 7.32. The molecule has 0 aromatic heterocycles. The first-order valence-electron chi connectivity index (χ1n) is 7.11. The smallest absolute Gasteiger partial charge is 0.327 e. The van der Waals surface area contributed by atoms with Crippen molar-refractivity contribution in [3.8, 4) is 0 Å². The summed E-state index contributed by atoms with van der Waals surface area (Å²) in [6.07, 6.45) is 2.29. The summed E-state index contributed by atoms with van der Waals surface area (Å²) in [7, 11) is 0. The Morgan fingerprint density at radius 2 is 2.13 bits per heavy atom. The van der Waals surface area contributed by atoms with Crippen molar-refractivity contribution in [1.82, 2.24) is 4.90 Å². The topological polar surface area (TPSA) is 57.6 Å². The van der Waals surface area contributed by atoms with Gasteiger partial charge >= 0.3 is 5.97 Å². The van der Waals surface area contributed by atoms with E-state index in [1.54, 1.807) is 31.2 Å². The van der Waals surface area contributed by atoms with Gasteiger partial charge in [-0.05, 0) is 23.6 Å². The van der Waals surface area contributed by atoms with Crippen LogP contribution in [0.2, 0.25) is 5.02 Å². The quantitative estimate of drug-likeness (QED) is 0.627. The Morgan fingerprint density at radius 1 is 1.48 bits per heavy atom. The summed E-state index contributed by atoms with van der Waals surface area (Å²) < 4.78 is 0.265. The van der Waals surface area contributed by atoms with Gasteiger partial charge < -0.3 is 5.11 Å². The number of rotatable bonds is 5. The molecule has 0 saturated carbocycles. The van der Waals surface area contributed by atoms with Crippen molar-refractivity contribution in [3.63, 3.8) is 0 Å². The summed E-state index contributed by atoms with van der Waals surface area (Å²) in [4.78, 5) is 25.8. The summed E-state index contributed by atoms with van der Waals surface area (Å²) in [5, 5.41) is 10.0. The Labute approximate surface area is 149 Å². The summed E-state index contributed by atoms with van der Waals surface area (Å²) in [5.41, 5.74) is 0.699. The van der Waals surface area contributed by atoms with Crippen LogP contribution < -0.4 is 0 Å². The maximum Gasteiger partial charge on any atom is 0.327 e. The van der Waals surface area contributed by atoms with Gasteiger partial charge in [0.1, 0.15) is 10.4 Å². The Morgan fingerprint density at radius 3 is 2.70 bits per heavy atom. The Bertz CT molecular complexity index is 690. The van der Waals surface area contributed by atoms with Crippen LogP contribution in [-0.2, 0) is 9.59 Å². The molecule has 0 spiro atoms. The number of carboxylic acids is 1. The van der Waals surface area contributed by atoms with Crippen molar-refractivity contribution in [2.24, 2.45) is 5.92 Å². The van der Waals surface area contributed by atoms with Crippen molar-refractivity contribution in [2.45, 2.75) is 26.3 Å². The number of carbonyl (C=O) groups excluding carboxylic acids is 1. The van der Waals surface area contributed by atoms with Crippen molar-refractivity contribution < 1.29 is 14.7 Å². The Balaban J connectivity index is 2.36. The molecule has 1 fully saturated rings. The molecule has 1 saturated heterocycles. The van der Waals surface area contributed by atoms with E-state index in [4.69, 9.17) is 23.8 Å². The molecule has 1 aliphatic rings. The number of halogens is 1. The first-order chi connectivity index (χ1) is 10.9. The van der Waals surface area contributed by atoms with E-state index in [0.717, 1.165) is 11.8 Å². The number of nitrogens with zero attached hydrogens (tertiary/aromatic N) is 1. The number of carboxylic acid groups (broad SMARTS) is 1. The van der Waals surface area contributed by atoms with Crippen molar-refractivity contribution in [3.05, 3.63) is 39.8 Å². The molecule has 23 heavy (non-hydrogen) atoms. The molecular formula is C16H16ClNO3S2. The van der Waals surface area contributed by atoms with E-state index in [1.807, 2.05) is 13.0 Å². The van der Waals surface area contributed by atoms with E-state index in [-0.39, 0.29) is 16.1 Å². The molecule has 1 aromatic rings. The molecule has 0 unspecified atom stereocenters. The second-order valence-electron chi connectivity index (χ2n) is 5.24. The van der Waals surface area contributed by atoms with Crippen LogP contribution in [0.15, 0.2) is 29.2 Å². The third kappa shape index (κ3) is 3.76. The number of carbonyl (C=O) groups is 2. The highest BCUT2D eigenvalue weighted by molar-refractivity contribution is 8.26. The minimum Gasteiger partial charge on any atom is -0.480 e. The van der Waals surface area contributed by atoms with Crippen LogP contribution in [0.25, 0.3) is 6.08 Å². The highest BCUT2D eigenvalue weighted by Crippen LogP contribution is 2.36. The van der Waals surface area contributed by atoms with E-state index in [1.165, 1.54) is 4.90 Å².